The fourth-order valence-corrected chi connectivity index (χ4v) is 3.89. The lowest BCUT2D eigenvalue weighted by Crippen LogP contribution is -2.31. The van der Waals surface area contributed by atoms with E-state index in [1.54, 1.807) is 0 Å². The van der Waals surface area contributed by atoms with Crippen molar-refractivity contribution in [2.45, 2.75) is 36.5 Å². The van der Waals surface area contributed by atoms with Crippen LogP contribution in [0.1, 0.15) is 24.8 Å². The molecule has 2 heterocycles. The lowest BCUT2D eigenvalue weighted by Gasteiger charge is -2.09. The first kappa shape index (κ1) is 12.9. The van der Waals surface area contributed by atoms with Crippen LogP contribution in [-0.2, 0) is 21.2 Å². The Morgan fingerprint density at radius 1 is 1.65 bits per heavy atom. The minimum Gasteiger partial charge on any atom is -0.377 e. The van der Waals surface area contributed by atoms with Crippen LogP contribution in [0, 0.1) is 0 Å². The van der Waals surface area contributed by atoms with Gasteiger partial charge in [-0.2, -0.15) is 0 Å². The second kappa shape index (κ2) is 5.43. The minimum atomic E-state index is -3.41. The molecule has 0 aromatic carbocycles. The van der Waals surface area contributed by atoms with E-state index in [0.29, 0.717) is 6.54 Å². The summed E-state index contributed by atoms with van der Waals surface area (Å²) in [5.74, 6) is 0. The summed E-state index contributed by atoms with van der Waals surface area (Å²) < 4.78 is 32.1. The number of hydrogen-bond acceptors (Lipinski definition) is 5. The topological polar surface area (TPSA) is 68.3 Å². The molecular weight excluding hydrogens is 260 g/mol. The molecule has 96 valence electrons. The maximum absolute atomic E-state index is 11.9. The van der Waals surface area contributed by atoms with Crippen LogP contribution in [0.3, 0.4) is 0 Å². The van der Waals surface area contributed by atoms with Gasteiger partial charge in [0, 0.05) is 13.2 Å². The van der Waals surface area contributed by atoms with Crippen molar-refractivity contribution in [2.75, 3.05) is 13.2 Å². The minimum absolute atomic E-state index is 0.0170. The number of aryl methyl sites for hydroxylation is 1. The van der Waals surface area contributed by atoms with E-state index in [9.17, 15) is 8.42 Å². The van der Waals surface area contributed by atoms with Crippen molar-refractivity contribution in [2.24, 2.45) is 0 Å². The lowest BCUT2D eigenvalue weighted by molar-refractivity contribution is 0.114. The Labute approximate surface area is 105 Å². The molecule has 0 unspecified atom stereocenters. The van der Waals surface area contributed by atoms with E-state index in [4.69, 9.17) is 4.74 Å². The average molecular weight is 276 g/mol. The standard InChI is InChI=1S/C10H16N2O3S2/c1-2-9-11-7-10(16-9)17(13,14)12-6-8-4-3-5-15-8/h7-8,12H,2-6H2,1H3/t8-/m1/s1. The molecule has 1 saturated heterocycles. The smallest absolute Gasteiger partial charge is 0.251 e. The van der Waals surface area contributed by atoms with Crippen molar-refractivity contribution in [1.29, 1.82) is 0 Å². The SMILES string of the molecule is CCc1ncc(S(=O)(=O)NC[C@H]2CCCO2)s1. The Bertz CT molecular complexity index is 464. The Hall–Kier alpha value is -0.500. The van der Waals surface area contributed by atoms with E-state index in [-0.39, 0.29) is 10.3 Å². The average Bonchev–Trinajstić information content (AvgIpc) is 2.98. The third-order valence-corrected chi connectivity index (χ3v) is 5.65. The first-order chi connectivity index (χ1) is 8.12. The Morgan fingerprint density at radius 3 is 3.06 bits per heavy atom. The first-order valence-electron chi connectivity index (χ1n) is 5.68. The van der Waals surface area contributed by atoms with Gasteiger partial charge in [-0.1, -0.05) is 6.92 Å². The van der Waals surface area contributed by atoms with Crippen molar-refractivity contribution < 1.29 is 13.2 Å². The summed E-state index contributed by atoms with van der Waals surface area (Å²) in [4.78, 5) is 4.05. The molecule has 0 radical (unpaired) electrons. The Balaban J connectivity index is 1.97. The molecule has 0 saturated carbocycles. The highest BCUT2D eigenvalue weighted by atomic mass is 32.2. The lowest BCUT2D eigenvalue weighted by atomic mass is 10.2. The molecule has 0 amide bonds. The van der Waals surface area contributed by atoms with E-state index < -0.39 is 10.0 Å². The van der Waals surface area contributed by atoms with Gasteiger partial charge in [0.05, 0.1) is 17.3 Å². The second-order valence-corrected chi connectivity index (χ2v) is 7.02. The summed E-state index contributed by atoms with van der Waals surface area (Å²) in [6, 6.07) is 0. The molecule has 1 aliphatic rings. The largest absolute Gasteiger partial charge is 0.377 e. The second-order valence-electron chi connectivity index (χ2n) is 3.91. The van der Waals surface area contributed by atoms with Crippen LogP contribution in [0.4, 0.5) is 0 Å². The molecular formula is C10H16N2O3S2. The third-order valence-electron chi connectivity index (χ3n) is 2.62. The van der Waals surface area contributed by atoms with Crippen LogP contribution >= 0.6 is 11.3 Å². The predicted molar refractivity (Wildman–Crippen MR) is 65.7 cm³/mol. The molecule has 1 fully saturated rings. The summed E-state index contributed by atoms with van der Waals surface area (Å²) in [7, 11) is -3.41. The molecule has 1 aliphatic heterocycles. The quantitative estimate of drug-likeness (QED) is 0.876. The summed E-state index contributed by atoms with van der Waals surface area (Å²) in [6.45, 7) is 3.03. The van der Waals surface area contributed by atoms with Gasteiger partial charge in [0.15, 0.2) is 4.21 Å². The molecule has 1 aromatic heterocycles. The Morgan fingerprint density at radius 2 is 2.47 bits per heavy atom. The van der Waals surface area contributed by atoms with E-state index in [2.05, 4.69) is 9.71 Å². The molecule has 0 aliphatic carbocycles. The summed E-state index contributed by atoms with van der Waals surface area (Å²) in [5, 5.41) is 0.836. The third kappa shape index (κ3) is 3.25. The van der Waals surface area contributed by atoms with Crippen LogP contribution in [0.25, 0.3) is 0 Å². The number of thiazole rings is 1. The molecule has 5 nitrogen and oxygen atoms in total. The zero-order valence-corrected chi connectivity index (χ0v) is 11.3. The van der Waals surface area contributed by atoms with Crippen molar-refractivity contribution >= 4 is 21.4 Å². The molecule has 1 N–H and O–H groups in total. The van der Waals surface area contributed by atoms with Crippen LogP contribution < -0.4 is 4.72 Å². The van der Waals surface area contributed by atoms with Gasteiger partial charge in [0.25, 0.3) is 10.0 Å². The van der Waals surface area contributed by atoms with Crippen molar-refractivity contribution in [3.63, 3.8) is 0 Å². The number of aromatic nitrogens is 1. The fourth-order valence-electron chi connectivity index (χ4n) is 1.66. The van der Waals surface area contributed by atoms with Crippen LogP contribution in [0.5, 0.6) is 0 Å². The van der Waals surface area contributed by atoms with Gasteiger partial charge in [-0.3, -0.25) is 0 Å². The van der Waals surface area contributed by atoms with Crippen molar-refractivity contribution in [1.82, 2.24) is 9.71 Å². The zero-order valence-electron chi connectivity index (χ0n) is 9.68. The summed E-state index contributed by atoms with van der Waals surface area (Å²) in [5.41, 5.74) is 0. The monoisotopic (exact) mass is 276 g/mol. The van der Waals surface area contributed by atoms with Gasteiger partial charge in [-0.25, -0.2) is 18.1 Å². The van der Waals surface area contributed by atoms with Crippen LogP contribution in [-0.4, -0.2) is 32.7 Å². The van der Waals surface area contributed by atoms with Gasteiger partial charge in [-0.15, -0.1) is 11.3 Å². The number of ether oxygens (including phenoxy) is 1. The number of nitrogens with one attached hydrogen (secondary N) is 1. The van der Waals surface area contributed by atoms with Crippen molar-refractivity contribution in [3.8, 4) is 0 Å². The van der Waals surface area contributed by atoms with Gasteiger partial charge in [0.2, 0.25) is 0 Å². The number of sulfonamides is 1. The molecule has 1 atom stereocenters. The maximum atomic E-state index is 11.9. The van der Waals surface area contributed by atoms with Gasteiger partial charge in [0.1, 0.15) is 0 Å². The Kier molecular flexibility index (Phi) is 4.13. The highest BCUT2D eigenvalue weighted by Gasteiger charge is 2.21. The first-order valence-corrected chi connectivity index (χ1v) is 7.98. The van der Waals surface area contributed by atoms with Crippen molar-refractivity contribution in [3.05, 3.63) is 11.2 Å². The van der Waals surface area contributed by atoms with Crippen LogP contribution in [0.2, 0.25) is 0 Å². The number of nitrogens with zero attached hydrogens (tertiary/aromatic N) is 1. The molecule has 17 heavy (non-hydrogen) atoms. The fraction of sp³-hybridized carbons (Fsp3) is 0.700. The van der Waals surface area contributed by atoms with Gasteiger partial charge < -0.3 is 4.74 Å². The maximum Gasteiger partial charge on any atom is 0.251 e. The molecule has 0 spiro atoms. The molecule has 1 aromatic rings. The van der Waals surface area contributed by atoms with Gasteiger partial charge >= 0.3 is 0 Å². The highest BCUT2D eigenvalue weighted by Crippen LogP contribution is 2.19. The highest BCUT2D eigenvalue weighted by molar-refractivity contribution is 7.91. The van der Waals surface area contributed by atoms with E-state index in [1.165, 1.54) is 17.5 Å². The zero-order chi connectivity index (χ0) is 12.3. The number of rotatable bonds is 5. The summed E-state index contributed by atoms with van der Waals surface area (Å²) >= 11 is 1.22. The van der Waals surface area contributed by atoms with E-state index in [0.717, 1.165) is 30.9 Å². The number of hydrogen-bond donors (Lipinski definition) is 1. The van der Waals surface area contributed by atoms with Gasteiger partial charge in [-0.05, 0) is 19.3 Å². The summed E-state index contributed by atoms with van der Waals surface area (Å²) in [6.07, 6.45) is 4.12. The van der Waals surface area contributed by atoms with E-state index >= 15 is 0 Å². The molecule has 0 bridgehead atoms. The molecule has 7 heteroatoms. The van der Waals surface area contributed by atoms with E-state index in [1.807, 2.05) is 6.92 Å². The molecule has 2 rings (SSSR count). The van der Waals surface area contributed by atoms with Crippen LogP contribution in [0.15, 0.2) is 10.4 Å². The normalized spacial score (nSPS) is 20.9. The predicted octanol–water partition coefficient (Wildman–Crippen LogP) is 1.16.